The van der Waals surface area contributed by atoms with E-state index < -0.39 is 46.9 Å². The summed E-state index contributed by atoms with van der Waals surface area (Å²) in [5, 5.41) is 2.96. The van der Waals surface area contributed by atoms with Gasteiger partial charge in [0.2, 0.25) is 0 Å². The summed E-state index contributed by atoms with van der Waals surface area (Å²) in [7, 11) is 0. The van der Waals surface area contributed by atoms with Crippen LogP contribution in [0.3, 0.4) is 0 Å². The van der Waals surface area contributed by atoms with Gasteiger partial charge in [-0.1, -0.05) is 23.7 Å². The van der Waals surface area contributed by atoms with E-state index in [9.17, 15) is 30.7 Å². The summed E-state index contributed by atoms with van der Waals surface area (Å²) >= 11 is 5.56. The third kappa shape index (κ3) is 4.03. The fraction of sp³-hybridized carbons (Fsp3) is 0.125. The summed E-state index contributed by atoms with van der Waals surface area (Å²) in [5.41, 5.74) is -3.92. The fourth-order valence-electron chi connectivity index (χ4n) is 2.20. The second-order valence-electron chi connectivity index (χ2n) is 5.33. The summed E-state index contributed by atoms with van der Waals surface area (Å²) < 4.78 is 97.4. The number of hydrogen-bond donors (Lipinski definition) is 0. The number of benzene rings is 1. The predicted octanol–water partition coefficient (Wildman–Crippen LogP) is 5.89. The zero-order valence-corrected chi connectivity index (χ0v) is 14.1. The van der Waals surface area contributed by atoms with Crippen molar-refractivity contribution in [1.82, 2.24) is 14.8 Å². The molecule has 0 bridgehead atoms. The topological polar surface area (TPSA) is 39.9 Å². The van der Waals surface area contributed by atoms with E-state index in [2.05, 4.69) is 10.1 Å². The summed E-state index contributed by atoms with van der Waals surface area (Å²) in [4.78, 5) is 3.56. The molecule has 0 aliphatic rings. The standard InChI is InChI=1S/C16H7ClF7N3O/c17-8-5-9(18)14(25-7-8)28-11-4-2-1-3-10(11)27-13(16(22,23)24)6-12(26-27)15(19,20)21/h1-7H. The molecule has 0 fully saturated rings. The summed E-state index contributed by atoms with van der Waals surface area (Å²) in [6, 6.07) is 5.46. The Morgan fingerprint density at radius 1 is 0.964 bits per heavy atom. The molecule has 3 aromatic rings. The van der Waals surface area contributed by atoms with Crippen molar-refractivity contribution >= 4 is 11.6 Å². The van der Waals surface area contributed by atoms with Crippen LogP contribution in [0.1, 0.15) is 11.4 Å². The minimum atomic E-state index is -5.15. The molecule has 0 amide bonds. The molecule has 2 heterocycles. The first-order valence-corrected chi connectivity index (χ1v) is 7.67. The van der Waals surface area contributed by atoms with Crippen LogP contribution in [0, 0.1) is 5.82 Å². The molecule has 0 spiro atoms. The maximum absolute atomic E-state index is 13.9. The minimum absolute atomic E-state index is 0.0337. The Balaban J connectivity index is 2.14. The van der Waals surface area contributed by atoms with Crippen LogP contribution in [0.15, 0.2) is 42.6 Å². The van der Waals surface area contributed by atoms with E-state index in [1.807, 2.05) is 0 Å². The number of ether oxygens (including phenoxy) is 1. The smallest absolute Gasteiger partial charge is 0.434 e. The molecule has 4 nitrogen and oxygen atoms in total. The number of hydrogen-bond acceptors (Lipinski definition) is 3. The molecule has 0 radical (unpaired) electrons. The van der Waals surface area contributed by atoms with Crippen molar-refractivity contribution in [2.24, 2.45) is 0 Å². The number of rotatable bonds is 3. The minimum Gasteiger partial charge on any atom is -0.434 e. The number of aromatic nitrogens is 3. The van der Waals surface area contributed by atoms with Gasteiger partial charge in [-0.25, -0.2) is 14.1 Å². The van der Waals surface area contributed by atoms with Crippen molar-refractivity contribution in [2.75, 3.05) is 0 Å². The van der Waals surface area contributed by atoms with Gasteiger partial charge in [0, 0.05) is 12.3 Å². The summed E-state index contributed by atoms with van der Waals surface area (Å²) in [5.74, 6) is -2.05. The van der Waals surface area contributed by atoms with E-state index in [0.29, 0.717) is 0 Å². The maximum atomic E-state index is 13.9. The second kappa shape index (κ2) is 6.97. The lowest BCUT2D eigenvalue weighted by atomic mass is 10.2. The lowest BCUT2D eigenvalue weighted by Gasteiger charge is -2.14. The first-order valence-electron chi connectivity index (χ1n) is 7.29. The molecule has 0 aliphatic carbocycles. The third-order valence-electron chi connectivity index (χ3n) is 3.36. The molecular formula is C16H7ClF7N3O. The van der Waals surface area contributed by atoms with E-state index in [-0.39, 0.29) is 15.8 Å². The number of halogens is 8. The first-order chi connectivity index (χ1) is 13.0. The van der Waals surface area contributed by atoms with Crippen molar-refractivity contribution in [3.8, 4) is 17.3 Å². The van der Waals surface area contributed by atoms with Crippen LogP contribution in [0.5, 0.6) is 11.6 Å². The SMILES string of the molecule is Fc1cc(Cl)cnc1Oc1ccccc1-n1nc(C(F)(F)F)cc1C(F)(F)F. The van der Waals surface area contributed by atoms with Gasteiger partial charge in [0.15, 0.2) is 17.3 Å². The van der Waals surface area contributed by atoms with Gasteiger partial charge in [0.1, 0.15) is 11.4 Å². The number of alkyl halides is 6. The molecule has 28 heavy (non-hydrogen) atoms. The summed E-state index contributed by atoms with van der Waals surface area (Å²) in [6.07, 6.45) is -9.22. The number of pyridine rings is 1. The molecule has 3 rings (SSSR count). The monoisotopic (exact) mass is 425 g/mol. The van der Waals surface area contributed by atoms with Crippen LogP contribution in [0.2, 0.25) is 5.02 Å². The van der Waals surface area contributed by atoms with Crippen molar-refractivity contribution in [3.05, 3.63) is 64.8 Å². The Bertz CT molecular complexity index is 1010. The molecule has 0 saturated carbocycles. The molecular weight excluding hydrogens is 419 g/mol. The van der Waals surface area contributed by atoms with Crippen molar-refractivity contribution < 1.29 is 35.5 Å². The van der Waals surface area contributed by atoms with Crippen molar-refractivity contribution in [1.29, 1.82) is 0 Å². The normalized spacial score (nSPS) is 12.3. The lowest BCUT2D eigenvalue weighted by Crippen LogP contribution is -2.14. The van der Waals surface area contributed by atoms with Crippen LogP contribution < -0.4 is 4.74 Å². The van der Waals surface area contributed by atoms with E-state index in [1.54, 1.807) is 0 Å². The Kier molecular flexibility index (Phi) is 4.96. The van der Waals surface area contributed by atoms with Crippen LogP contribution in [-0.2, 0) is 12.4 Å². The van der Waals surface area contributed by atoms with E-state index in [4.69, 9.17) is 16.3 Å². The molecule has 12 heteroatoms. The third-order valence-corrected chi connectivity index (χ3v) is 3.57. The van der Waals surface area contributed by atoms with Gasteiger partial charge >= 0.3 is 12.4 Å². The highest BCUT2D eigenvalue weighted by molar-refractivity contribution is 6.30. The van der Waals surface area contributed by atoms with Crippen LogP contribution in [0.4, 0.5) is 30.7 Å². The van der Waals surface area contributed by atoms with Crippen molar-refractivity contribution in [2.45, 2.75) is 12.4 Å². The molecule has 0 atom stereocenters. The lowest BCUT2D eigenvalue weighted by molar-refractivity contribution is -0.143. The van der Waals surface area contributed by atoms with Crippen LogP contribution in [0.25, 0.3) is 5.69 Å². The zero-order chi connectivity index (χ0) is 20.7. The van der Waals surface area contributed by atoms with E-state index >= 15 is 0 Å². The Morgan fingerprint density at radius 3 is 2.25 bits per heavy atom. The van der Waals surface area contributed by atoms with Gasteiger partial charge in [0.25, 0.3) is 5.88 Å². The molecule has 0 unspecified atom stereocenters. The summed E-state index contributed by atoms with van der Waals surface area (Å²) in [6.45, 7) is 0. The predicted molar refractivity (Wildman–Crippen MR) is 82.8 cm³/mol. The highest BCUT2D eigenvalue weighted by atomic mass is 35.5. The second-order valence-corrected chi connectivity index (χ2v) is 5.77. The Morgan fingerprint density at radius 2 is 1.64 bits per heavy atom. The zero-order valence-electron chi connectivity index (χ0n) is 13.3. The highest BCUT2D eigenvalue weighted by Gasteiger charge is 2.42. The molecule has 0 N–H and O–H groups in total. The van der Waals surface area contributed by atoms with Gasteiger partial charge in [-0.2, -0.15) is 31.4 Å². The van der Waals surface area contributed by atoms with Gasteiger partial charge in [-0.15, -0.1) is 0 Å². The molecule has 0 aliphatic heterocycles. The average molecular weight is 426 g/mol. The first kappa shape index (κ1) is 19.9. The largest absolute Gasteiger partial charge is 0.435 e. The molecule has 1 aromatic carbocycles. The van der Waals surface area contributed by atoms with Gasteiger partial charge in [0.05, 0.1) is 5.02 Å². The highest BCUT2D eigenvalue weighted by Crippen LogP contribution is 2.38. The maximum Gasteiger partial charge on any atom is 0.435 e. The van der Waals surface area contributed by atoms with E-state index in [1.165, 1.54) is 12.1 Å². The Labute approximate surface area is 157 Å². The number of nitrogens with zero attached hydrogens (tertiary/aromatic N) is 3. The molecule has 0 saturated heterocycles. The fourth-order valence-corrected chi connectivity index (χ4v) is 2.35. The molecule has 148 valence electrons. The van der Waals surface area contributed by atoms with E-state index in [0.717, 1.165) is 24.4 Å². The van der Waals surface area contributed by atoms with Gasteiger partial charge in [-0.3, -0.25) is 0 Å². The number of para-hydroxylation sites is 2. The van der Waals surface area contributed by atoms with Gasteiger partial charge < -0.3 is 4.74 Å². The van der Waals surface area contributed by atoms with Crippen molar-refractivity contribution in [3.63, 3.8) is 0 Å². The molecule has 2 aromatic heterocycles. The van der Waals surface area contributed by atoms with Crippen LogP contribution in [-0.4, -0.2) is 14.8 Å². The Hall–Kier alpha value is -2.82. The quantitative estimate of drug-likeness (QED) is 0.491. The average Bonchev–Trinajstić information content (AvgIpc) is 3.04. The van der Waals surface area contributed by atoms with Gasteiger partial charge in [-0.05, 0) is 18.2 Å². The van der Waals surface area contributed by atoms with Crippen LogP contribution >= 0.6 is 11.6 Å².